The third kappa shape index (κ3) is 1.79. The van der Waals surface area contributed by atoms with E-state index in [1.807, 2.05) is 6.92 Å². The van der Waals surface area contributed by atoms with Crippen LogP contribution in [0.25, 0.3) is 10.9 Å². The van der Waals surface area contributed by atoms with Gasteiger partial charge < -0.3 is 10.3 Å². The number of carbonyl (C=O) groups excluding carboxylic acids is 1. The first-order chi connectivity index (χ1) is 8.15. The minimum absolute atomic E-state index is 0.0957. The molecule has 3 nitrogen and oxygen atoms in total. The van der Waals surface area contributed by atoms with Crippen LogP contribution in [0.3, 0.4) is 0 Å². The number of fused-ring (bicyclic) bond motifs is 1. The Morgan fingerprint density at radius 1 is 1.47 bits per heavy atom. The molecule has 1 saturated carbocycles. The van der Waals surface area contributed by atoms with Crippen LogP contribution in [0.15, 0.2) is 18.2 Å². The third-order valence-corrected chi connectivity index (χ3v) is 3.16. The van der Waals surface area contributed by atoms with Gasteiger partial charge in [0.1, 0.15) is 11.5 Å². The van der Waals surface area contributed by atoms with Crippen LogP contribution >= 0.6 is 0 Å². The maximum atomic E-state index is 13.1. The van der Waals surface area contributed by atoms with Gasteiger partial charge in [0.25, 0.3) is 5.91 Å². The second-order valence-corrected chi connectivity index (χ2v) is 4.56. The fraction of sp³-hybridized carbons (Fsp3) is 0.308. The highest BCUT2D eigenvalue weighted by Gasteiger charge is 2.25. The fourth-order valence-corrected chi connectivity index (χ4v) is 2.02. The number of halogens is 1. The SMILES string of the molecule is Cc1c(C(=O)NC2CC2)[nH]c2cc(F)ccc12. The van der Waals surface area contributed by atoms with Gasteiger partial charge in [-0.05, 0) is 43.5 Å². The van der Waals surface area contributed by atoms with Gasteiger partial charge in [-0.3, -0.25) is 4.79 Å². The fourth-order valence-electron chi connectivity index (χ4n) is 2.02. The van der Waals surface area contributed by atoms with E-state index in [-0.39, 0.29) is 11.7 Å². The van der Waals surface area contributed by atoms with Crippen LogP contribution in [-0.2, 0) is 0 Å². The maximum absolute atomic E-state index is 13.1. The zero-order chi connectivity index (χ0) is 12.0. The number of benzene rings is 1. The summed E-state index contributed by atoms with van der Waals surface area (Å²) >= 11 is 0. The first kappa shape index (κ1) is 10.3. The Morgan fingerprint density at radius 2 is 2.24 bits per heavy atom. The molecule has 1 aromatic carbocycles. The van der Waals surface area contributed by atoms with Crippen molar-refractivity contribution in [2.24, 2.45) is 0 Å². The molecule has 2 aromatic rings. The summed E-state index contributed by atoms with van der Waals surface area (Å²) in [6.07, 6.45) is 2.11. The van der Waals surface area contributed by atoms with Gasteiger partial charge in [0.2, 0.25) is 0 Å². The van der Waals surface area contributed by atoms with Gasteiger partial charge in [0.05, 0.1) is 0 Å². The summed E-state index contributed by atoms with van der Waals surface area (Å²) in [5.41, 5.74) is 2.08. The molecule has 0 radical (unpaired) electrons. The summed E-state index contributed by atoms with van der Waals surface area (Å²) in [7, 11) is 0. The number of rotatable bonds is 2. The predicted molar refractivity (Wildman–Crippen MR) is 63.5 cm³/mol. The molecule has 1 amide bonds. The number of carbonyl (C=O) groups is 1. The largest absolute Gasteiger partial charge is 0.350 e. The molecule has 0 bridgehead atoms. The molecule has 0 spiro atoms. The van der Waals surface area contributed by atoms with Crippen molar-refractivity contribution in [2.75, 3.05) is 0 Å². The zero-order valence-electron chi connectivity index (χ0n) is 9.51. The summed E-state index contributed by atoms with van der Waals surface area (Å²) in [6.45, 7) is 1.87. The highest BCUT2D eigenvalue weighted by molar-refractivity contribution is 6.01. The molecular formula is C13H13FN2O. The summed E-state index contributed by atoms with van der Waals surface area (Å²) in [5, 5.41) is 3.82. The summed E-state index contributed by atoms with van der Waals surface area (Å²) in [5.74, 6) is -0.394. The second kappa shape index (κ2) is 3.58. The van der Waals surface area contributed by atoms with Crippen molar-refractivity contribution in [1.29, 1.82) is 0 Å². The molecule has 88 valence electrons. The van der Waals surface area contributed by atoms with E-state index < -0.39 is 0 Å². The van der Waals surface area contributed by atoms with Crippen LogP contribution in [0.5, 0.6) is 0 Å². The van der Waals surface area contributed by atoms with Crippen molar-refractivity contribution >= 4 is 16.8 Å². The summed E-state index contributed by atoms with van der Waals surface area (Å²) in [4.78, 5) is 14.9. The van der Waals surface area contributed by atoms with Crippen LogP contribution < -0.4 is 5.32 Å². The molecule has 0 aliphatic heterocycles. The molecule has 1 fully saturated rings. The van der Waals surface area contributed by atoms with E-state index in [1.165, 1.54) is 12.1 Å². The number of aromatic nitrogens is 1. The van der Waals surface area contributed by atoms with E-state index in [1.54, 1.807) is 6.07 Å². The van der Waals surface area contributed by atoms with Crippen LogP contribution in [0.2, 0.25) is 0 Å². The smallest absolute Gasteiger partial charge is 0.268 e. The molecule has 1 aromatic heterocycles. The molecule has 0 unspecified atom stereocenters. The Bertz CT molecular complexity index is 599. The molecule has 2 N–H and O–H groups in total. The van der Waals surface area contributed by atoms with E-state index in [2.05, 4.69) is 10.3 Å². The maximum Gasteiger partial charge on any atom is 0.268 e. The van der Waals surface area contributed by atoms with Crippen molar-refractivity contribution in [3.63, 3.8) is 0 Å². The lowest BCUT2D eigenvalue weighted by Crippen LogP contribution is -2.26. The minimum Gasteiger partial charge on any atom is -0.350 e. The number of H-pyrrole nitrogens is 1. The Balaban J connectivity index is 2.03. The lowest BCUT2D eigenvalue weighted by atomic mass is 10.1. The van der Waals surface area contributed by atoms with Gasteiger partial charge in [-0.2, -0.15) is 0 Å². The number of amides is 1. The van der Waals surface area contributed by atoms with Crippen LogP contribution in [0, 0.1) is 12.7 Å². The van der Waals surface area contributed by atoms with Crippen molar-refractivity contribution in [1.82, 2.24) is 10.3 Å². The van der Waals surface area contributed by atoms with Crippen LogP contribution in [0.1, 0.15) is 28.9 Å². The molecule has 4 heteroatoms. The van der Waals surface area contributed by atoms with Gasteiger partial charge in [-0.15, -0.1) is 0 Å². The first-order valence-electron chi connectivity index (χ1n) is 5.74. The van der Waals surface area contributed by atoms with Crippen LogP contribution in [-0.4, -0.2) is 16.9 Å². The minimum atomic E-state index is -0.298. The van der Waals surface area contributed by atoms with Gasteiger partial charge in [-0.1, -0.05) is 0 Å². The average molecular weight is 232 g/mol. The number of aromatic amines is 1. The molecule has 3 rings (SSSR count). The monoisotopic (exact) mass is 232 g/mol. The molecule has 1 aliphatic rings. The standard InChI is InChI=1S/C13H13FN2O/c1-7-10-5-2-8(14)6-11(10)16-12(7)13(17)15-9-3-4-9/h2,5-6,9,16H,3-4H2,1H3,(H,15,17). The summed E-state index contributed by atoms with van der Waals surface area (Å²) < 4.78 is 13.1. The van der Waals surface area contributed by atoms with Crippen LogP contribution in [0.4, 0.5) is 4.39 Å². The van der Waals surface area contributed by atoms with Crippen molar-refractivity contribution < 1.29 is 9.18 Å². The first-order valence-corrected chi connectivity index (χ1v) is 5.74. The predicted octanol–water partition coefficient (Wildman–Crippen LogP) is 2.51. The van der Waals surface area contributed by atoms with Crippen molar-refractivity contribution in [3.05, 3.63) is 35.3 Å². The van der Waals surface area contributed by atoms with Crippen molar-refractivity contribution in [3.8, 4) is 0 Å². The van der Waals surface area contributed by atoms with Crippen molar-refractivity contribution in [2.45, 2.75) is 25.8 Å². The zero-order valence-corrected chi connectivity index (χ0v) is 9.51. The number of nitrogens with one attached hydrogen (secondary N) is 2. The average Bonchev–Trinajstić information content (AvgIpc) is 3.03. The number of hydrogen-bond donors (Lipinski definition) is 2. The van der Waals surface area contributed by atoms with E-state index in [9.17, 15) is 9.18 Å². The van der Waals surface area contributed by atoms with E-state index in [0.717, 1.165) is 23.8 Å². The highest BCUT2D eigenvalue weighted by Crippen LogP contribution is 2.24. The Morgan fingerprint density at radius 3 is 2.94 bits per heavy atom. The van der Waals surface area contributed by atoms with E-state index >= 15 is 0 Å². The van der Waals surface area contributed by atoms with Gasteiger partial charge in [-0.25, -0.2) is 4.39 Å². The van der Waals surface area contributed by atoms with Gasteiger partial charge in [0, 0.05) is 16.9 Å². The lowest BCUT2D eigenvalue weighted by molar-refractivity contribution is 0.0946. The molecule has 1 heterocycles. The Labute approximate surface area is 98.0 Å². The number of hydrogen-bond acceptors (Lipinski definition) is 1. The second-order valence-electron chi connectivity index (χ2n) is 4.56. The molecule has 1 aliphatic carbocycles. The number of aryl methyl sites for hydroxylation is 1. The Kier molecular flexibility index (Phi) is 2.18. The van der Waals surface area contributed by atoms with Gasteiger partial charge in [0.15, 0.2) is 0 Å². The molecular weight excluding hydrogens is 219 g/mol. The lowest BCUT2D eigenvalue weighted by Gasteiger charge is -2.01. The Hall–Kier alpha value is -1.84. The molecule has 0 atom stereocenters. The highest BCUT2D eigenvalue weighted by atomic mass is 19.1. The molecule has 17 heavy (non-hydrogen) atoms. The third-order valence-electron chi connectivity index (χ3n) is 3.16. The summed E-state index contributed by atoms with van der Waals surface area (Å²) in [6, 6.07) is 4.84. The van der Waals surface area contributed by atoms with E-state index in [0.29, 0.717) is 17.3 Å². The van der Waals surface area contributed by atoms with Gasteiger partial charge >= 0.3 is 0 Å². The normalized spacial score (nSPS) is 15.2. The topological polar surface area (TPSA) is 44.9 Å². The van der Waals surface area contributed by atoms with E-state index in [4.69, 9.17) is 0 Å². The molecule has 0 saturated heterocycles. The quantitative estimate of drug-likeness (QED) is 0.821.